The predicted molar refractivity (Wildman–Crippen MR) is 59.9 cm³/mol. The summed E-state index contributed by atoms with van der Waals surface area (Å²) >= 11 is 0. The molecule has 3 heteroatoms. The van der Waals surface area contributed by atoms with Crippen LogP contribution in [-0.2, 0) is 4.74 Å². The number of carbonyl (C=O) groups excluding carboxylic acids is 1. The third-order valence-corrected chi connectivity index (χ3v) is 2.04. The van der Waals surface area contributed by atoms with Crippen LogP contribution in [0.5, 0.6) is 0 Å². The lowest BCUT2D eigenvalue weighted by molar-refractivity contribution is 0.0695. The molecule has 0 radical (unpaired) electrons. The smallest absolute Gasteiger partial charge is 0.251 e. The Bertz CT molecular complexity index is 298. The summed E-state index contributed by atoms with van der Waals surface area (Å²) in [7, 11) is 0. The summed E-state index contributed by atoms with van der Waals surface area (Å²) in [5.74, 6) is -0.0536. The van der Waals surface area contributed by atoms with Gasteiger partial charge in [-0.25, -0.2) is 0 Å². The van der Waals surface area contributed by atoms with Crippen molar-refractivity contribution >= 4 is 5.91 Å². The van der Waals surface area contributed by atoms with E-state index in [1.54, 1.807) is 12.1 Å². The van der Waals surface area contributed by atoms with Crippen molar-refractivity contribution in [3.05, 3.63) is 35.9 Å². The van der Waals surface area contributed by atoms with E-state index in [1.165, 1.54) is 0 Å². The molecule has 0 spiro atoms. The molecule has 0 fully saturated rings. The summed E-state index contributed by atoms with van der Waals surface area (Å²) in [5, 5.41) is 2.82. The summed E-state index contributed by atoms with van der Waals surface area (Å²) in [5.41, 5.74) is 0.682. The number of hydrogen-bond donors (Lipinski definition) is 1. The highest BCUT2D eigenvalue weighted by atomic mass is 16.5. The van der Waals surface area contributed by atoms with Gasteiger partial charge in [-0.15, -0.1) is 0 Å². The van der Waals surface area contributed by atoms with Crippen molar-refractivity contribution < 1.29 is 9.53 Å². The summed E-state index contributed by atoms with van der Waals surface area (Å²) < 4.78 is 5.31. The van der Waals surface area contributed by atoms with Crippen LogP contribution in [0.15, 0.2) is 30.3 Å². The summed E-state index contributed by atoms with van der Waals surface area (Å²) in [6.45, 7) is 5.09. The molecule has 0 heterocycles. The van der Waals surface area contributed by atoms with Crippen molar-refractivity contribution in [2.24, 2.45) is 0 Å². The highest BCUT2D eigenvalue weighted by Gasteiger charge is 2.06. The third kappa shape index (κ3) is 4.13. The van der Waals surface area contributed by atoms with Gasteiger partial charge < -0.3 is 10.1 Å². The van der Waals surface area contributed by atoms with Crippen molar-refractivity contribution in [2.75, 3.05) is 13.2 Å². The SMILES string of the molecule is CCOC(C)CNC(=O)c1ccccc1. The number of nitrogens with one attached hydrogen (secondary N) is 1. The number of benzene rings is 1. The largest absolute Gasteiger partial charge is 0.377 e. The van der Waals surface area contributed by atoms with Gasteiger partial charge in [0.05, 0.1) is 6.10 Å². The van der Waals surface area contributed by atoms with Crippen molar-refractivity contribution in [3.8, 4) is 0 Å². The van der Waals surface area contributed by atoms with Crippen molar-refractivity contribution in [2.45, 2.75) is 20.0 Å². The van der Waals surface area contributed by atoms with Crippen LogP contribution in [0.4, 0.5) is 0 Å². The predicted octanol–water partition coefficient (Wildman–Crippen LogP) is 1.84. The molecule has 0 aliphatic rings. The van der Waals surface area contributed by atoms with E-state index in [9.17, 15) is 4.79 Å². The molecule has 0 aliphatic carbocycles. The molecule has 1 amide bonds. The van der Waals surface area contributed by atoms with E-state index >= 15 is 0 Å². The Hall–Kier alpha value is -1.35. The van der Waals surface area contributed by atoms with Crippen LogP contribution in [0, 0.1) is 0 Å². The number of hydrogen-bond acceptors (Lipinski definition) is 2. The molecule has 0 saturated carbocycles. The Labute approximate surface area is 90.4 Å². The molecule has 1 atom stereocenters. The van der Waals surface area contributed by atoms with E-state index in [0.717, 1.165) is 0 Å². The Morgan fingerprint density at radius 2 is 2.07 bits per heavy atom. The first kappa shape index (κ1) is 11.7. The summed E-state index contributed by atoms with van der Waals surface area (Å²) in [6.07, 6.45) is 0.0580. The lowest BCUT2D eigenvalue weighted by atomic mass is 10.2. The molecule has 1 aromatic rings. The van der Waals surface area contributed by atoms with E-state index in [4.69, 9.17) is 4.74 Å². The standard InChI is InChI=1S/C12H17NO2/c1-3-15-10(2)9-13-12(14)11-7-5-4-6-8-11/h4-8,10H,3,9H2,1-2H3,(H,13,14). The van der Waals surface area contributed by atoms with Crippen LogP contribution >= 0.6 is 0 Å². The van der Waals surface area contributed by atoms with Gasteiger partial charge in [0.1, 0.15) is 0 Å². The monoisotopic (exact) mass is 207 g/mol. The average molecular weight is 207 g/mol. The second-order valence-corrected chi connectivity index (χ2v) is 3.34. The van der Waals surface area contributed by atoms with Crippen molar-refractivity contribution in [1.29, 1.82) is 0 Å². The van der Waals surface area contributed by atoms with Gasteiger partial charge in [0.25, 0.3) is 5.91 Å². The van der Waals surface area contributed by atoms with E-state index in [2.05, 4.69) is 5.32 Å². The average Bonchev–Trinajstić information content (AvgIpc) is 2.27. The van der Waals surface area contributed by atoms with Gasteiger partial charge >= 0.3 is 0 Å². The Morgan fingerprint density at radius 1 is 1.40 bits per heavy atom. The zero-order valence-electron chi connectivity index (χ0n) is 9.19. The molecule has 82 valence electrons. The molecule has 1 unspecified atom stereocenters. The van der Waals surface area contributed by atoms with E-state index in [-0.39, 0.29) is 12.0 Å². The molecule has 0 aromatic heterocycles. The molecule has 1 N–H and O–H groups in total. The van der Waals surface area contributed by atoms with Crippen LogP contribution in [0.2, 0.25) is 0 Å². The van der Waals surface area contributed by atoms with Crippen LogP contribution in [-0.4, -0.2) is 25.2 Å². The lowest BCUT2D eigenvalue weighted by Crippen LogP contribution is -2.32. The molecule has 0 aliphatic heterocycles. The molecule has 0 bridgehead atoms. The maximum atomic E-state index is 11.6. The minimum absolute atomic E-state index is 0.0536. The number of amides is 1. The number of carbonyl (C=O) groups is 1. The second-order valence-electron chi connectivity index (χ2n) is 3.34. The Balaban J connectivity index is 2.37. The number of ether oxygens (including phenoxy) is 1. The van der Waals surface area contributed by atoms with Crippen molar-refractivity contribution in [3.63, 3.8) is 0 Å². The van der Waals surface area contributed by atoms with Gasteiger partial charge in [0, 0.05) is 18.7 Å². The van der Waals surface area contributed by atoms with Gasteiger partial charge in [-0.2, -0.15) is 0 Å². The Kier molecular flexibility index (Phi) is 4.84. The fourth-order valence-electron chi connectivity index (χ4n) is 1.27. The minimum Gasteiger partial charge on any atom is -0.377 e. The van der Waals surface area contributed by atoms with Gasteiger partial charge in [0.15, 0.2) is 0 Å². The molecule has 15 heavy (non-hydrogen) atoms. The molecule has 1 aromatic carbocycles. The topological polar surface area (TPSA) is 38.3 Å². The summed E-state index contributed by atoms with van der Waals surface area (Å²) in [4.78, 5) is 11.6. The van der Waals surface area contributed by atoms with E-state index in [1.807, 2.05) is 32.0 Å². The van der Waals surface area contributed by atoms with Crippen LogP contribution in [0.3, 0.4) is 0 Å². The molecular weight excluding hydrogens is 190 g/mol. The maximum absolute atomic E-state index is 11.6. The Morgan fingerprint density at radius 3 is 2.67 bits per heavy atom. The minimum atomic E-state index is -0.0536. The lowest BCUT2D eigenvalue weighted by Gasteiger charge is -2.12. The van der Waals surface area contributed by atoms with Gasteiger partial charge in [-0.05, 0) is 26.0 Å². The van der Waals surface area contributed by atoms with Gasteiger partial charge in [0.2, 0.25) is 0 Å². The fourth-order valence-corrected chi connectivity index (χ4v) is 1.27. The van der Waals surface area contributed by atoms with Crippen LogP contribution in [0.25, 0.3) is 0 Å². The zero-order valence-corrected chi connectivity index (χ0v) is 9.19. The van der Waals surface area contributed by atoms with Gasteiger partial charge in [-0.3, -0.25) is 4.79 Å². The van der Waals surface area contributed by atoms with Gasteiger partial charge in [-0.1, -0.05) is 18.2 Å². The molecule has 3 nitrogen and oxygen atoms in total. The maximum Gasteiger partial charge on any atom is 0.251 e. The van der Waals surface area contributed by atoms with Crippen molar-refractivity contribution in [1.82, 2.24) is 5.32 Å². The molecular formula is C12H17NO2. The van der Waals surface area contributed by atoms with E-state index in [0.29, 0.717) is 18.7 Å². The van der Waals surface area contributed by atoms with Crippen LogP contribution in [0.1, 0.15) is 24.2 Å². The first-order valence-corrected chi connectivity index (χ1v) is 5.19. The summed E-state index contributed by atoms with van der Waals surface area (Å²) in [6, 6.07) is 9.17. The number of rotatable bonds is 5. The molecule has 1 rings (SSSR count). The first-order valence-electron chi connectivity index (χ1n) is 5.19. The van der Waals surface area contributed by atoms with Crippen LogP contribution < -0.4 is 5.32 Å². The fraction of sp³-hybridized carbons (Fsp3) is 0.417. The van der Waals surface area contributed by atoms with E-state index < -0.39 is 0 Å². The highest BCUT2D eigenvalue weighted by molar-refractivity contribution is 5.94. The molecule has 0 saturated heterocycles. The zero-order chi connectivity index (χ0) is 11.1. The normalized spacial score (nSPS) is 12.1. The highest BCUT2D eigenvalue weighted by Crippen LogP contribution is 1.98. The second kappa shape index (κ2) is 6.19. The quantitative estimate of drug-likeness (QED) is 0.800. The third-order valence-electron chi connectivity index (χ3n) is 2.04. The first-order chi connectivity index (χ1) is 7.24.